The minimum Gasteiger partial charge on any atom is -0.442 e. The van der Waals surface area contributed by atoms with Crippen LogP contribution in [0.1, 0.15) is 26.1 Å². The summed E-state index contributed by atoms with van der Waals surface area (Å²) in [7, 11) is 0. The Kier molecular flexibility index (Phi) is 3.91. The summed E-state index contributed by atoms with van der Waals surface area (Å²) in [4.78, 5) is 37.6. The fourth-order valence-corrected chi connectivity index (χ4v) is 4.28. The van der Waals surface area contributed by atoms with Crippen LogP contribution in [0.5, 0.6) is 0 Å². The van der Waals surface area contributed by atoms with Gasteiger partial charge in [-0.05, 0) is 26.0 Å². The maximum atomic E-state index is 12.8. The van der Waals surface area contributed by atoms with Gasteiger partial charge < -0.3 is 9.64 Å². The van der Waals surface area contributed by atoms with Gasteiger partial charge in [-0.2, -0.15) is 0 Å². The molecule has 4 rings (SSSR count). The van der Waals surface area contributed by atoms with E-state index in [4.69, 9.17) is 4.74 Å². The third-order valence-corrected chi connectivity index (χ3v) is 5.63. The fraction of sp³-hybridized carbons (Fsp3) is 0.412. The maximum absolute atomic E-state index is 12.8. The molecule has 0 unspecified atom stereocenters. The summed E-state index contributed by atoms with van der Waals surface area (Å²) < 4.78 is 5.47. The predicted octanol–water partition coefficient (Wildman–Crippen LogP) is 2.00. The molecule has 2 aliphatic rings. The fourth-order valence-electron chi connectivity index (χ4n) is 3.39. The maximum Gasteiger partial charge on any atom is 0.410 e. The number of hydrogen-bond donors (Lipinski definition) is 0. The molecule has 0 spiro atoms. The smallest absolute Gasteiger partial charge is 0.410 e. The van der Waals surface area contributed by atoms with Crippen LogP contribution in [0.3, 0.4) is 0 Å². The lowest BCUT2D eigenvalue weighted by molar-refractivity contribution is 0.0730. The van der Waals surface area contributed by atoms with Crippen molar-refractivity contribution in [3.8, 4) is 0 Å². The number of carbonyl (C=O) groups is 2. The Morgan fingerprint density at radius 1 is 1.36 bits per heavy atom. The van der Waals surface area contributed by atoms with Crippen LogP contribution in [0.2, 0.25) is 0 Å². The molecule has 0 N–H and O–H groups in total. The van der Waals surface area contributed by atoms with E-state index in [0.29, 0.717) is 24.5 Å². The van der Waals surface area contributed by atoms with Crippen molar-refractivity contribution in [1.29, 1.82) is 0 Å². The van der Waals surface area contributed by atoms with Crippen molar-refractivity contribution in [3.05, 3.63) is 45.7 Å². The number of likely N-dealkylation sites (tertiary alicyclic amines) is 1. The average Bonchev–Trinajstić information content (AvgIpc) is 3.23. The zero-order valence-corrected chi connectivity index (χ0v) is 14.8. The number of rotatable bonds is 3. The number of hydrogen-bond acceptors (Lipinski definition) is 6. The standard InChI is InChI=1S/C17H18N4O3S/c1-10-15(25-11(2)19-10)16(22)20-8-13-14(9-20)24-17(23)21(13)7-12-5-3-4-6-18-12/h3-6,13-14H,7-9H2,1-2H3/t13-,14+/m1/s1. The molecule has 130 valence electrons. The minimum absolute atomic E-state index is 0.0358. The van der Waals surface area contributed by atoms with Crippen molar-refractivity contribution >= 4 is 23.3 Å². The van der Waals surface area contributed by atoms with E-state index in [1.54, 1.807) is 16.0 Å². The Bertz CT molecular complexity index is 823. The summed E-state index contributed by atoms with van der Waals surface area (Å²) in [5, 5.41) is 0.878. The first-order chi connectivity index (χ1) is 12.0. The highest BCUT2D eigenvalue weighted by Gasteiger charge is 2.49. The van der Waals surface area contributed by atoms with Crippen molar-refractivity contribution < 1.29 is 14.3 Å². The molecule has 2 atom stereocenters. The lowest BCUT2D eigenvalue weighted by Crippen LogP contribution is -2.39. The van der Waals surface area contributed by atoms with Gasteiger partial charge >= 0.3 is 6.09 Å². The summed E-state index contributed by atoms with van der Waals surface area (Å²) in [6, 6.07) is 5.47. The Morgan fingerprint density at radius 2 is 2.20 bits per heavy atom. The molecule has 2 aliphatic heterocycles. The van der Waals surface area contributed by atoms with Crippen molar-refractivity contribution in [2.24, 2.45) is 0 Å². The van der Waals surface area contributed by atoms with Crippen LogP contribution in [-0.4, -0.2) is 57.0 Å². The van der Waals surface area contributed by atoms with Crippen molar-refractivity contribution in [1.82, 2.24) is 19.8 Å². The number of thiazole rings is 1. The van der Waals surface area contributed by atoms with Gasteiger partial charge in [0.1, 0.15) is 11.0 Å². The summed E-state index contributed by atoms with van der Waals surface area (Å²) in [5.74, 6) is -0.0358. The van der Waals surface area contributed by atoms with Gasteiger partial charge in [-0.25, -0.2) is 9.78 Å². The van der Waals surface area contributed by atoms with Crippen molar-refractivity contribution in [3.63, 3.8) is 0 Å². The Balaban J connectivity index is 1.50. The van der Waals surface area contributed by atoms with Crippen LogP contribution in [0.15, 0.2) is 24.4 Å². The molecule has 0 aliphatic carbocycles. The topological polar surface area (TPSA) is 75.6 Å². The molecule has 4 heterocycles. The SMILES string of the molecule is Cc1nc(C)c(C(=O)N2C[C@@H]3OC(=O)N(Cc4ccccn4)[C@@H]3C2)s1. The number of carbonyl (C=O) groups excluding carboxylic acids is 2. The van der Waals surface area contributed by atoms with Gasteiger partial charge in [0, 0.05) is 12.7 Å². The molecule has 2 aromatic heterocycles. The molecule has 8 heteroatoms. The van der Waals surface area contributed by atoms with Gasteiger partial charge in [-0.15, -0.1) is 11.3 Å². The molecule has 25 heavy (non-hydrogen) atoms. The molecule has 0 bridgehead atoms. The average molecular weight is 358 g/mol. The first-order valence-corrected chi connectivity index (χ1v) is 8.95. The molecule has 2 fully saturated rings. The molecule has 2 aromatic rings. The second kappa shape index (κ2) is 6.11. The third kappa shape index (κ3) is 2.86. The highest BCUT2D eigenvalue weighted by atomic mass is 32.1. The minimum atomic E-state index is -0.336. The quantitative estimate of drug-likeness (QED) is 0.839. The van der Waals surface area contributed by atoms with Crippen LogP contribution < -0.4 is 0 Å². The van der Waals surface area contributed by atoms with Gasteiger partial charge in [0.15, 0.2) is 0 Å². The van der Waals surface area contributed by atoms with Crippen LogP contribution >= 0.6 is 11.3 Å². The zero-order chi connectivity index (χ0) is 17.6. The molecule has 0 saturated carbocycles. The largest absolute Gasteiger partial charge is 0.442 e. The first kappa shape index (κ1) is 16.0. The molecule has 0 radical (unpaired) electrons. The van der Waals surface area contributed by atoms with E-state index < -0.39 is 0 Å². The highest BCUT2D eigenvalue weighted by molar-refractivity contribution is 7.13. The van der Waals surface area contributed by atoms with E-state index in [1.165, 1.54) is 11.3 Å². The normalized spacial score (nSPS) is 22.2. The van der Waals surface area contributed by atoms with Crippen LogP contribution in [0.4, 0.5) is 4.79 Å². The molecule has 7 nitrogen and oxygen atoms in total. The molecule has 0 aromatic carbocycles. The van der Waals surface area contributed by atoms with Gasteiger partial charge in [0.25, 0.3) is 5.91 Å². The van der Waals surface area contributed by atoms with Gasteiger partial charge in [-0.3, -0.25) is 14.7 Å². The number of aromatic nitrogens is 2. The summed E-state index contributed by atoms with van der Waals surface area (Å²) >= 11 is 1.41. The number of pyridine rings is 1. The lowest BCUT2D eigenvalue weighted by atomic mass is 10.2. The zero-order valence-electron chi connectivity index (χ0n) is 14.0. The predicted molar refractivity (Wildman–Crippen MR) is 91.3 cm³/mol. The number of fused-ring (bicyclic) bond motifs is 1. The molecule has 2 saturated heterocycles. The van der Waals surface area contributed by atoms with Crippen LogP contribution in [0.25, 0.3) is 0 Å². The molecule has 2 amide bonds. The second-order valence-corrected chi connectivity index (χ2v) is 7.50. The molecular formula is C17H18N4O3S. The summed E-state index contributed by atoms with van der Waals surface area (Å²) in [6.45, 7) is 5.02. The van der Waals surface area contributed by atoms with E-state index in [9.17, 15) is 9.59 Å². The summed E-state index contributed by atoms with van der Waals surface area (Å²) in [5.41, 5.74) is 1.56. The monoisotopic (exact) mass is 358 g/mol. The second-order valence-electron chi connectivity index (χ2n) is 6.30. The van der Waals surface area contributed by atoms with E-state index in [-0.39, 0.29) is 24.1 Å². The van der Waals surface area contributed by atoms with Crippen LogP contribution in [-0.2, 0) is 11.3 Å². The Labute approximate surface area is 149 Å². The first-order valence-electron chi connectivity index (χ1n) is 8.13. The van der Waals surface area contributed by atoms with Crippen molar-refractivity contribution in [2.45, 2.75) is 32.5 Å². The van der Waals surface area contributed by atoms with Gasteiger partial charge in [0.05, 0.1) is 35.5 Å². The highest BCUT2D eigenvalue weighted by Crippen LogP contribution is 2.30. The van der Waals surface area contributed by atoms with E-state index in [1.807, 2.05) is 32.0 Å². The number of ether oxygens (including phenoxy) is 1. The number of aryl methyl sites for hydroxylation is 2. The molecular weight excluding hydrogens is 340 g/mol. The Hall–Kier alpha value is -2.48. The van der Waals surface area contributed by atoms with E-state index in [2.05, 4.69) is 9.97 Å². The third-order valence-electron chi connectivity index (χ3n) is 4.57. The number of nitrogens with zero attached hydrogens (tertiary/aromatic N) is 4. The van der Waals surface area contributed by atoms with Gasteiger partial charge in [0.2, 0.25) is 0 Å². The number of amides is 2. The van der Waals surface area contributed by atoms with E-state index >= 15 is 0 Å². The van der Waals surface area contributed by atoms with Gasteiger partial charge in [-0.1, -0.05) is 6.07 Å². The summed E-state index contributed by atoms with van der Waals surface area (Å²) in [6.07, 6.45) is 1.08. The lowest BCUT2D eigenvalue weighted by Gasteiger charge is -2.22. The Morgan fingerprint density at radius 3 is 2.88 bits per heavy atom. The van der Waals surface area contributed by atoms with E-state index in [0.717, 1.165) is 16.4 Å². The van der Waals surface area contributed by atoms with Crippen LogP contribution in [0, 0.1) is 13.8 Å². The van der Waals surface area contributed by atoms with Crippen molar-refractivity contribution in [2.75, 3.05) is 13.1 Å².